The van der Waals surface area contributed by atoms with Crippen LogP contribution in [0.2, 0.25) is 0 Å². The van der Waals surface area contributed by atoms with E-state index in [1.54, 1.807) is 18.2 Å². The number of hydrogen-bond donors (Lipinski definition) is 1. The number of methoxy groups -OCH3 is 2. The van der Waals surface area contributed by atoms with Crippen LogP contribution in [0, 0.1) is 0 Å². The first-order valence-corrected chi connectivity index (χ1v) is 5.20. The number of phenolic OH excluding ortho intramolecular Hbond substituents is 1. The predicted octanol–water partition coefficient (Wildman–Crippen LogP) is 2.03. The molecule has 94 valence electrons. The van der Waals surface area contributed by atoms with E-state index in [4.69, 9.17) is 9.47 Å². The molecule has 0 amide bonds. The van der Waals surface area contributed by atoms with Crippen molar-refractivity contribution in [2.45, 2.75) is 0 Å². The molecule has 18 heavy (non-hydrogen) atoms. The van der Waals surface area contributed by atoms with Crippen LogP contribution < -0.4 is 15.1 Å². The van der Waals surface area contributed by atoms with E-state index in [2.05, 4.69) is 4.42 Å². The van der Waals surface area contributed by atoms with Gasteiger partial charge in [0.25, 0.3) is 0 Å². The van der Waals surface area contributed by atoms with Crippen molar-refractivity contribution in [3.05, 3.63) is 40.9 Å². The van der Waals surface area contributed by atoms with Gasteiger partial charge in [-0.25, -0.2) is 4.79 Å². The van der Waals surface area contributed by atoms with Gasteiger partial charge in [0.1, 0.15) is 0 Å². The van der Waals surface area contributed by atoms with Gasteiger partial charge in [0.15, 0.2) is 11.5 Å². The topological polar surface area (TPSA) is 68.9 Å². The Labute approximate surface area is 103 Å². The Morgan fingerprint density at radius 1 is 1.06 bits per heavy atom. The van der Waals surface area contributed by atoms with Gasteiger partial charge in [0.05, 0.1) is 20.5 Å². The third-order valence-corrected chi connectivity index (χ3v) is 2.52. The highest BCUT2D eigenvalue weighted by atomic mass is 16.5. The van der Waals surface area contributed by atoms with Crippen LogP contribution in [0.15, 0.2) is 39.7 Å². The lowest BCUT2D eigenvalue weighted by Gasteiger charge is -2.11. The van der Waals surface area contributed by atoms with Crippen LogP contribution >= 0.6 is 0 Å². The van der Waals surface area contributed by atoms with E-state index < -0.39 is 5.63 Å². The van der Waals surface area contributed by atoms with E-state index in [0.717, 1.165) is 0 Å². The van der Waals surface area contributed by atoms with E-state index in [-0.39, 0.29) is 17.2 Å². The molecule has 5 heteroatoms. The highest BCUT2D eigenvalue weighted by Crippen LogP contribution is 2.39. The fourth-order valence-electron chi connectivity index (χ4n) is 1.62. The van der Waals surface area contributed by atoms with Crippen LogP contribution in [0.1, 0.15) is 0 Å². The maximum absolute atomic E-state index is 11.2. The van der Waals surface area contributed by atoms with Crippen molar-refractivity contribution in [2.75, 3.05) is 14.2 Å². The monoisotopic (exact) mass is 248 g/mol. The maximum atomic E-state index is 11.2. The third kappa shape index (κ3) is 2.15. The molecule has 1 aromatic heterocycles. The van der Waals surface area contributed by atoms with Crippen LogP contribution in [-0.4, -0.2) is 19.3 Å². The zero-order valence-corrected chi connectivity index (χ0v) is 9.97. The quantitative estimate of drug-likeness (QED) is 0.900. The van der Waals surface area contributed by atoms with Crippen molar-refractivity contribution in [3.8, 4) is 28.4 Å². The van der Waals surface area contributed by atoms with Gasteiger partial charge in [0.2, 0.25) is 5.75 Å². The maximum Gasteiger partial charge on any atom is 0.336 e. The molecule has 0 aliphatic heterocycles. The summed E-state index contributed by atoms with van der Waals surface area (Å²) in [5.74, 6) is 0.474. The molecule has 1 heterocycles. The van der Waals surface area contributed by atoms with Crippen molar-refractivity contribution in [1.82, 2.24) is 0 Å². The van der Waals surface area contributed by atoms with Gasteiger partial charge in [-0.05, 0) is 29.3 Å². The summed E-state index contributed by atoms with van der Waals surface area (Å²) in [4.78, 5) is 11.2. The molecular formula is C13H12O5. The summed E-state index contributed by atoms with van der Waals surface area (Å²) >= 11 is 0. The number of ether oxygens (including phenoxy) is 2. The molecule has 0 atom stereocenters. The Morgan fingerprint density at radius 2 is 1.67 bits per heavy atom. The van der Waals surface area contributed by atoms with E-state index in [0.29, 0.717) is 11.1 Å². The molecule has 0 unspecified atom stereocenters. The number of aromatic hydroxyl groups is 1. The van der Waals surface area contributed by atoms with Gasteiger partial charge in [-0.15, -0.1) is 0 Å². The highest BCUT2D eigenvalue weighted by molar-refractivity contribution is 5.70. The van der Waals surface area contributed by atoms with Gasteiger partial charge in [-0.2, -0.15) is 0 Å². The molecular weight excluding hydrogens is 236 g/mol. The Kier molecular flexibility index (Phi) is 3.23. The van der Waals surface area contributed by atoms with E-state index >= 15 is 0 Å². The normalized spacial score (nSPS) is 10.1. The highest BCUT2D eigenvalue weighted by Gasteiger charge is 2.12. The lowest BCUT2D eigenvalue weighted by Crippen LogP contribution is -1.96. The lowest BCUT2D eigenvalue weighted by molar-refractivity contribution is 0.340. The molecule has 2 aromatic rings. The van der Waals surface area contributed by atoms with Crippen molar-refractivity contribution < 1.29 is 19.0 Å². The van der Waals surface area contributed by atoms with E-state index in [9.17, 15) is 9.90 Å². The van der Waals surface area contributed by atoms with Crippen LogP contribution in [0.25, 0.3) is 11.1 Å². The van der Waals surface area contributed by atoms with Crippen LogP contribution in [0.5, 0.6) is 17.2 Å². The van der Waals surface area contributed by atoms with Crippen LogP contribution in [-0.2, 0) is 0 Å². The number of benzene rings is 1. The second-order valence-electron chi connectivity index (χ2n) is 3.57. The molecule has 0 spiro atoms. The second kappa shape index (κ2) is 4.83. The molecule has 1 aromatic carbocycles. The van der Waals surface area contributed by atoms with Gasteiger partial charge < -0.3 is 19.0 Å². The standard InChI is InChI=1S/C13H12O5/c1-16-10-5-9(6-11(17-2)13(10)15)8-3-4-18-12(14)7-8/h3-7,15H,1-2H3. The minimum Gasteiger partial charge on any atom is -0.502 e. The average molecular weight is 248 g/mol. The fraction of sp³-hybridized carbons (Fsp3) is 0.154. The minimum absolute atomic E-state index is 0.0771. The smallest absolute Gasteiger partial charge is 0.336 e. The SMILES string of the molecule is COc1cc(-c2ccoc(=O)c2)cc(OC)c1O. The van der Waals surface area contributed by atoms with Crippen molar-refractivity contribution in [2.24, 2.45) is 0 Å². The second-order valence-corrected chi connectivity index (χ2v) is 3.57. The fourth-order valence-corrected chi connectivity index (χ4v) is 1.62. The lowest BCUT2D eigenvalue weighted by atomic mass is 10.1. The zero-order chi connectivity index (χ0) is 13.1. The number of hydrogen-bond acceptors (Lipinski definition) is 5. The molecule has 0 saturated heterocycles. The van der Waals surface area contributed by atoms with Gasteiger partial charge in [-0.3, -0.25) is 0 Å². The number of phenols is 1. The van der Waals surface area contributed by atoms with E-state index in [1.165, 1.54) is 26.5 Å². The molecule has 5 nitrogen and oxygen atoms in total. The molecule has 0 fully saturated rings. The summed E-state index contributed by atoms with van der Waals surface area (Å²) in [6.07, 6.45) is 1.31. The first-order valence-electron chi connectivity index (χ1n) is 5.20. The number of rotatable bonds is 3. The van der Waals surface area contributed by atoms with Gasteiger partial charge in [-0.1, -0.05) is 0 Å². The van der Waals surface area contributed by atoms with Crippen molar-refractivity contribution >= 4 is 0 Å². The molecule has 0 aliphatic carbocycles. The summed E-state index contributed by atoms with van der Waals surface area (Å²) in [6, 6.07) is 6.23. The predicted molar refractivity (Wildman–Crippen MR) is 65.2 cm³/mol. The van der Waals surface area contributed by atoms with Gasteiger partial charge in [0, 0.05) is 6.07 Å². The Balaban J connectivity index is 2.61. The summed E-state index contributed by atoms with van der Waals surface area (Å²) < 4.78 is 14.8. The Hall–Kier alpha value is -2.43. The summed E-state index contributed by atoms with van der Waals surface area (Å²) in [7, 11) is 2.88. The zero-order valence-electron chi connectivity index (χ0n) is 9.97. The van der Waals surface area contributed by atoms with Crippen LogP contribution in [0.3, 0.4) is 0 Å². The molecule has 0 aliphatic rings. The van der Waals surface area contributed by atoms with Gasteiger partial charge >= 0.3 is 5.63 Å². The molecule has 0 bridgehead atoms. The first-order chi connectivity index (χ1) is 8.65. The van der Waals surface area contributed by atoms with E-state index in [1.807, 2.05) is 0 Å². The largest absolute Gasteiger partial charge is 0.502 e. The Morgan fingerprint density at radius 3 is 2.17 bits per heavy atom. The first kappa shape index (κ1) is 12.0. The van der Waals surface area contributed by atoms with Crippen molar-refractivity contribution in [3.63, 3.8) is 0 Å². The summed E-state index contributed by atoms with van der Waals surface area (Å²) in [5, 5.41) is 9.78. The summed E-state index contributed by atoms with van der Waals surface area (Å²) in [5.41, 5.74) is 0.899. The summed E-state index contributed by atoms with van der Waals surface area (Å²) in [6.45, 7) is 0. The molecule has 1 N–H and O–H groups in total. The molecule has 2 rings (SSSR count). The molecule has 0 radical (unpaired) electrons. The van der Waals surface area contributed by atoms with Crippen molar-refractivity contribution in [1.29, 1.82) is 0 Å². The van der Waals surface area contributed by atoms with Crippen LogP contribution in [0.4, 0.5) is 0 Å². The third-order valence-electron chi connectivity index (χ3n) is 2.52. The Bertz CT molecular complexity index is 590. The average Bonchev–Trinajstić information content (AvgIpc) is 2.39. The molecule has 0 saturated carbocycles. The minimum atomic E-state index is -0.446.